The molecule has 0 atom stereocenters. The Balaban J connectivity index is -0.000000726. The third kappa shape index (κ3) is 18.2. The van der Waals surface area contributed by atoms with Gasteiger partial charge in [-0.2, -0.15) is 0 Å². The Hall–Kier alpha value is -5.28. The molecule has 0 fully saturated rings. The number of rotatable bonds is 0. The molecule has 0 unspecified atom stereocenters. The Labute approximate surface area is 391 Å². The number of para-hydroxylation sites is 6. The molecule has 6 aromatic rings. The molecular formula is C60H93N3. The molecule has 3 heterocycles. The monoisotopic (exact) mass is 856 g/mol. The summed E-state index contributed by atoms with van der Waals surface area (Å²) in [5, 5.41) is 0. The van der Waals surface area contributed by atoms with Crippen molar-refractivity contribution in [1.82, 2.24) is 0 Å². The summed E-state index contributed by atoms with van der Waals surface area (Å²) in [6.45, 7) is 36.0. The minimum Gasteiger partial charge on any atom is -0.344 e. The SMILES string of the molecule is CC.CC.CC.CC.CC.CC.CC.CC.CC.CN1c2ccccc2Cc2ccccc21.CN1c2ccccc2Cc2ccccc21.CN1c2ccccc2Cc2ccccc21. The Morgan fingerprint density at radius 3 is 0.444 bits per heavy atom. The molecule has 0 amide bonds. The molecule has 63 heavy (non-hydrogen) atoms. The Morgan fingerprint density at radius 2 is 0.317 bits per heavy atom. The van der Waals surface area contributed by atoms with Crippen LogP contribution < -0.4 is 14.7 Å². The average molecular weight is 856 g/mol. The van der Waals surface area contributed by atoms with Crippen LogP contribution in [-0.4, -0.2) is 21.1 Å². The van der Waals surface area contributed by atoms with Gasteiger partial charge in [0.2, 0.25) is 0 Å². The summed E-state index contributed by atoms with van der Waals surface area (Å²) in [4.78, 5) is 6.82. The van der Waals surface area contributed by atoms with E-state index in [-0.39, 0.29) is 0 Å². The summed E-state index contributed by atoms with van der Waals surface area (Å²) in [5.41, 5.74) is 16.5. The molecule has 3 aliphatic heterocycles. The lowest BCUT2D eigenvalue weighted by atomic mass is 9.96. The summed E-state index contributed by atoms with van der Waals surface area (Å²) in [6.07, 6.45) is 3.16. The number of hydrogen-bond acceptors (Lipinski definition) is 3. The molecule has 6 aromatic carbocycles. The second-order valence-electron chi connectivity index (χ2n) is 12.0. The Morgan fingerprint density at radius 1 is 0.206 bits per heavy atom. The largest absolute Gasteiger partial charge is 0.344 e. The van der Waals surface area contributed by atoms with Crippen LogP contribution in [0.15, 0.2) is 146 Å². The topological polar surface area (TPSA) is 9.72 Å². The van der Waals surface area contributed by atoms with Crippen LogP contribution in [0.25, 0.3) is 0 Å². The minimum absolute atomic E-state index is 1.05. The molecule has 0 bridgehead atoms. The van der Waals surface area contributed by atoms with Crippen molar-refractivity contribution in [3.8, 4) is 0 Å². The highest BCUT2D eigenvalue weighted by Gasteiger charge is 2.20. The molecule has 0 aromatic heterocycles. The number of hydrogen-bond donors (Lipinski definition) is 0. The predicted molar refractivity (Wildman–Crippen MR) is 293 cm³/mol. The van der Waals surface area contributed by atoms with Gasteiger partial charge in [0.25, 0.3) is 0 Å². The van der Waals surface area contributed by atoms with Gasteiger partial charge in [0.05, 0.1) is 0 Å². The van der Waals surface area contributed by atoms with Gasteiger partial charge in [-0.15, -0.1) is 0 Å². The summed E-state index contributed by atoms with van der Waals surface area (Å²) < 4.78 is 0. The van der Waals surface area contributed by atoms with E-state index >= 15 is 0 Å². The first-order valence-electron chi connectivity index (χ1n) is 24.8. The van der Waals surface area contributed by atoms with Crippen LogP contribution in [-0.2, 0) is 19.3 Å². The molecule has 0 radical (unpaired) electrons. The maximum atomic E-state index is 2.27. The van der Waals surface area contributed by atoms with Crippen LogP contribution in [0.4, 0.5) is 34.1 Å². The third-order valence-electron chi connectivity index (χ3n) is 9.26. The summed E-state index contributed by atoms with van der Waals surface area (Å²) in [5.74, 6) is 0. The first-order valence-corrected chi connectivity index (χ1v) is 24.8. The average Bonchev–Trinajstić information content (AvgIpc) is 3.40. The zero-order valence-electron chi connectivity index (χ0n) is 44.3. The molecule has 3 aliphatic rings. The minimum atomic E-state index is 1.05. The molecule has 0 N–H and O–H groups in total. The summed E-state index contributed by atoms with van der Waals surface area (Å²) >= 11 is 0. The number of nitrogens with zero attached hydrogens (tertiary/aromatic N) is 3. The van der Waals surface area contributed by atoms with Gasteiger partial charge in [0.1, 0.15) is 0 Å². The normalized spacial score (nSPS) is 10.3. The standard InChI is InChI=1S/3C14H13N.9C2H6/c3*1-15-13-8-4-2-6-11(13)10-12-7-3-5-9-14(12)15;9*1-2/h3*2-9H,10H2,1H3;9*1-2H3. The Bertz CT molecular complexity index is 1600. The van der Waals surface area contributed by atoms with Crippen molar-refractivity contribution in [3.63, 3.8) is 0 Å². The number of anilines is 6. The van der Waals surface area contributed by atoms with Gasteiger partial charge in [0.15, 0.2) is 0 Å². The molecule has 348 valence electrons. The Kier molecular flexibility index (Phi) is 38.9. The first kappa shape index (κ1) is 62.0. The maximum absolute atomic E-state index is 2.27. The molecule has 0 spiro atoms. The van der Waals surface area contributed by atoms with E-state index in [2.05, 4.69) is 181 Å². The highest BCUT2D eigenvalue weighted by Crippen LogP contribution is 2.39. The van der Waals surface area contributed by atoms with Gasteiger partial charge in [-0.25, -0.2) is 0 Å². The quantitative estimate of drug-likeness (QED) is 0.151. The van der Waals surface area contributed by atoms with Gasteiger partial charge in [0, 0.05) is 74.5 Å². The van der Waals surface area contributed by atoms with Gasteiger partial charge in [-0.05, 0) is 69.8 Å². The lowest BCUT2D eigenvalue weighted by molar-refractivity contribution is 1.06. The van der Waals surface area contributed by atoms with E-state index in [1.807, 2.05) is 125 Å². The predicted octanol–water partition coefficient (Wildman–Crippen LogP) is 19.3. The van der Waals surface area contributed by atoms with E-state index in [1.165, 1.54) is 67.5 Å². The van der Waals surface area contributed by atoms with Crippen LogP contribution in [0.3, 0.4) is 0 Å². The smallest absolute Gasteiger partial charge is 0.0444 e. The van der Waals surface area contributed by atoms with Crippen molar-refractivity contribution in [2.75, 3.05) is 35.8 Å². The second-order valence-corrected chi connectivity index (χ2v) is 12.0. The van der Waals surface area contributed by atoms with Crippen molar-refractivity contribution in [1.29, 1.82) is 0 Å². The summed E-state index contributed by atoms with van der Waals surface area (Å²) in [6, 6.07) is 51.6. The second kappa shape index (κ2) is 39.6. The van der Waals surface area contributed by atoms with E-state index in [0.717, 1.165) is 19.3 Å². The lowest BCUT2D eigenvalue weighted by Crippen LogP contribution is -2.18. The zero-order chi connectivity index (χ0) is 48.8. The highest BCUT2D eigenvalue weighted by atomic mass is 15.1. The first-order chi connectivity index (χ1) is 31.1. The zero-order valence-corrected chi connectivity index (χ0v) is 44.3. The highest BCUT2D eigenvalue weighted by molar-refractivity contribution is 5.75. The van der Waals surface area contributed by atoms with E-state index in [4.69, 9.17) is 0 Å². The van der Waals surface area contributed by atoms with Gasteiger partial charge in [-0.3, -0.25) is 0 Å². The van der Waals surface area contributed by atoms with Crippen molar-refractivity contribution >= 4 is 34.1 Å². The van der Waals surface area contributed by atoms with Crippen LogP contribution in [0.1, 0.15) is 158 Å². The van der Waals surface area contributed by atoms with E-state index in [9.17, 15) is 0 Å². The van der Waals surface area contributed by atoms with Crippen molar-refractivity contribution < 1.29 is 0 Å². The van der Waals surface area contributed by atoms with Crippen molar-refractivity contribution in [2.24, 2.45) is 0 Å². The number of fused-ring (bicyclic) bond motifs is 6. The van der Waals surface area contributed by atoms with E-state index in [1.54, 1.807) is 0 Å². The van der Waals surface area contributed by atoms with Crippen LogP contribution in [0, 0.1) is 0 Å². The molecule has 0 saturated heterocycles. The molecule has 3 nitrogen and oxygen atoms in total. The fourth-order valence-corrected chi connectivity index (χ4v) is 6.93. The third-order valence-corrected chi connectivity index (χ3v) is 9.26. The van der Waals surface area contributed by atoms with Crippen molar-refractivity contribution in [3.05, 3.63) is 179 Å². The van der Waals surface area contributed by atoms with Crippen LogP contribution >= 0.6 is 0 Å². The lowest BCUT2D eigenvalue weighted by Gasteiger charge is -2.29. The van der Waals surface area contributed by atoms with Gasteiger partial charge in [-0.1, -0.05) is 234 Å². The van der Waals surface area contributed by atoms with Gasteiger partial charge < -0.3 is 14.7 Å². The maximum Gasteiger partial charge on any atom is 0.0444 e. The van der Waals surface area contributed by atoms with E-state index < -0.39 is 0 Å². The summed E-state index contributed by atoms with van der Waals surface area (Å²) in [7, 11) is 6.41. The fourth-order valence-electron chi connectivity index (χ4n) is 6.93. The molecule has 9 rings (SSSR count). The molecule has 0 aliphatic carbocycles. The molecule has 3 heteroatoms. The molecular weight excluding hydrogens is 763 g/mol. The number of benzene rings is 6. The van der Waals surface area contributed by atoms with Crippen LogP contribution in [0.2, 0.25) is 0 Å². The van der Waals surface area contributed by atoms with Crippen LogP contribution in [0.5, 0.6) is 0 Å². The fraction of sp³-hybridized carbons (Fsp3) is 0.400. The van der Waals surface area contributed by atoms with Gasteiger partial charge >= 0.3 is 0 Å². The van der Waals surface area contributed by atoms with Crippen molar-refractivity contribution in [2.45, 2.75) is 144 Å². The molecule has 0 saturated carbocycles. The van der Waals surface area contributed by atoms with E-state index in [0.29, 0.717) is 0 Å².